The fourth-order valence-electron chi connectivity index (χ4n) is 2.65. The van der Waals surface area contributed by atoms with Gasteiger partial charge in [0, 0.05) is 19.6 Å². The third-order valence-electron chi connectivity index (χ3n) is 3.93. The summed E-state index contributed by atoms with van der Waals surface area (Å²) in [6.45, 7) is 4.70. The molecule has 0 radical (unpaired) electrons. The summed E-state index contributed by atoms with van der Waals surface area (Å²) in [6, 6.07) is 9.90. The molecule has 0 aliphatic carbocycles. The van der Waals surface area contributed by atoms with Crippen molar-refractivity contribution in [1.82, 2.24) is 9.80 Å². The zero-order valence-corrected chi connectivity index (χ0v) is 12.4. The quantitative estimate of drug-likeness (QED) is 0.861. The summed E-state index contributed by atoms with van der Waals surface area (Å²) in [5, 5.41) is 8.99. The molecule has 1 atom stereocenters. The summed E-state index contributed by atoms with van der Waals surface area (Å²) >= 11 is 0. The molecule has 5 nitrogen and oxygen atoms in total. The molecule has 0 unspecified atom stereocenters. The van der Waals surface area contributed by atoms with Crippen LogP contribution in [-0.4, -0.2) is 53.0 Å². The molecule has 0 spiro atoms. The minimum Gasteiger partial charge on any atom is -0.481 e. The standard InChI is InChI=1S/C16H22N2O3/c1-2-18(10-13-6-4-3-5-7-13)15(19)12-17-9-8-14(11-17)16(20)21/h3-7,14H,2,8-12H2,1H3,(H,20,21)/t14-/m0/s1. The van der Waals surface area contributed by atoms with Crippen LogP contribution in [0.1, 0.15) is 18.9 Å². The zero-order valence-electron chi connectivity index (χ0n) is 12.4. The topological polar surface area (TPSA) is 60.9 Å². The lowest BCUT2D eigenvalue weighted by Gasteiger charge is -2.24. The Morgan fingerprint density at radius 3 is 2.62 bits per heavy atom. The lowest BCUT2D eigenvalue weighted by atomic mass is 10.1. The van der Waals surface area contributed by atoms with E-state index in [1.165, 1.54) is 0 Å². The van der Waals surface area contributed by atoms with E-state index in [1.807, 2.05) is 47.1 Å². The average molecular weight is 290 g/mol. The van der Waals surface area contributed by atoms with Gasteiger partial charge in [-0.15, -0.1) is 0 Å². The normalized spacial score (nSPS) is 18.6. The Hall–Kier alpha value is -1.88. The summed E-state index contributed by atoms with van der Waals surface area (Å²) in [4.78, 5) is 27.0. The van der Waals surface area contributed by atoms with Gasteiger partial charge in [-0.3, -0.25) is 14.5 Å². The first kappa shape index (κ1) is 15.5. The fraction of sp³-hybridized carbons (Fsp3) is 0.500. The Morgan fingerprint density at radius 2 is 2.05 bits per heavy atom. The van der Waals surface area contributed by atoms with Crippen molar-refractivity contribution in [1.29, 1.82) is 0 Å². The van der Waals surface area contributed by atoms with Crippen LogP contribution in [0, 0.1) is 5.92 Å². The van der Waals surface area contributed by atoms with Gasteiger partial charge in [0.1, 0.15) is 0 Å². The number of carbonyl (C=O) groups is 2. The van der Waals surface area contributed by atoms with Crippen LogP contribution in [0.2, 0.25) is 0 Å². The summed E-state index contributed by atoms with van der Waals surface area (Å²) in [7, 11) is 0. The molecule has 114 valence electrons. The smallest absolute Gasteiger partial charge is 0.307 e. The van der Waals surface area contributed by atoms with Crippen molar-refractivity contribution >= 4 is 11.9 Å². The molecule has 0 bridgehead atoms. The van der Waals surface area contributed by atoms with E-state index < -0.39 is 5.97 Å². The molecule has 1 aliphatic rings. The van der Waals surface area contributed by atoms with Gasteiger partial charge in [-0.2, -0.15) is 0 Å². The van der Waals surface area contributed by atoms with Crippen LogP contribution in [0.4, 0.5) is 0 Å². The lowest BCUT2D eigenvalue weighted by molar-refractivity contribution is -0.141. The van der Waals surface area contributed by atoms with Crippen LogP contribution >= 0.6 is 0 Å². The highest BCUT2D eigenvalue weighted by atomic mass is 16.4. The number of benzene rings is 1. The van der Waals surface area contributed by atoms with Gasteiger partial charge in [0.05, 0.1) is 12.5 Å². The molecule has 1 amide bonds. The van der Waals surface area contributed by atoms with Crippen LogP contribution in [0.15, 0.2) is 30.3 Å². The van der Waals surface area contributed by atoms with Gasteiger partial charge in [-0.25, -0.2) is 0 Å². The molecule has 0 aromatic heterocycles. The highest BCUT2D eigenvalue weighted by molar-refractivity contribution is 5.78. The van der Waals surface area contributed by atoms with Gasteiger partial charge in [0.2, 0.25) is 5.91 Å². The number of aliphatic carboxylic acids is 1. The monoisotopic (exact) mass is 290 g/mol. The maximum absolute atomic E-state index is 12.3. The lowest BCUT2D eigenvalue weighted by Crippen LogP contribution is -2.39. The molecule has 1 fully saturated rings. The Morgan fingerprint density at radius 1 is 1.33 bits per heavy atom. The molecule has 2 rings (SSSR count). The maximum atomic E-state index is 12.3. The molecular weight excluding hydrogens is 268 g/mol. The summed E-state index contributed by atoms with van der Waals surface area (Å²) in [5.74, 6) is -1.03. The molecule has 1 aromatic carbocycles. The van der Waals surface area contributed by atoms with E-state index in [0.717, 1.165) is 5.56 Å². The van der Waals surface area contributed by atoms with Gasteiger partial charge in [0.25, 0.3) is 0 Å². The predicted molar refractivity (Wildman–Crippen MR) is 79.7 cm³/mol. The molecular formula is C16H22N2O3. The van der Waals surface area contributed by atoms with E-state index in [-0.39, 0.29) is 11.8 Å². The second kappa shape index (κ2) is 7.22. The first-order valence-electron chi connectivity index (χ1n) is 7.37. The van der Waals surface area contributed by atoms with Gasteiger partial charge in [-0.1, -0.05) is 30.3 Å². The molecule has 1 heterocycles. The molecule has 1 aliphatic heterocycles. The van der Waals surface area contributed by atoms with Crippen LogP contribution in [0.5, 0.6) is 0 Å². The Kier molecular flexibility index (Phi) is 5.33. The van der Waals surface area contributed by atoms with Crippen molar-refractivity contribution < 1.29 is 14.7 Å². The van der Waals surface area contributed by atoms with E-state index in [2.05, 4.69) is 0 Å². The Bertz CT molecular complexity index is 490. The second-order valence-corrected chi connectivity index (χ2v) is 5.45. The largest absolute Gasteiger partial charge is 0.481 e. The maximum Gasteiger partial charge on any atom is 0.307 e. The van der Waals surface area contributed by atoms with E-state index in [4.69, 9.17) is 5.11 Å². The molecule has 0 saturated carbocycles. The summed E-state index contributed by atoms with van der Waals surface area (Å²) < 4.78 is 0. The third-order valence-corrected chi connectivity index (χ3v) is 3.93. The van der Waals surface area contributed by atoms with Gasteiger partial charge < -0.3 is 10.0 Å². The van der Waals surface area contributed by atoms with Gasteiger partial charge in [-0.05, 0) is 25.5 Å². The predicted octanol–water partition coefficient (Wildman–Crippen LogP) is 1.44. The van der Waals surface area contributed by atoms with Crippen molar-refractivity contribution in [3.8, 4) is 0 Å². The third kappa shape index (κ3) is 4.29. The molecule has 1 N–H and O–H groups in total. The van der Waals surface area contributed by atoms with Crippen LogP contribution in [-0.2, 0) is 16.1 Å². The summed E-state index contributed by atoms with van der Waals surface area (Å²) in [5.41, 5.74) is 1.11. The number of nitrogens with zero attached hydrogens (tertiary/aromatic N) is 2. The highest BCUT2D eigenvalue weighted by Gasteiger charge is 2.29. The van der Waals surface area contributed by atoms with E-state index >= 15 is 0 Å². The number of amides is 1. The minimum absolute atomic E-state index is 0.0624. The van der Waals surface area contributed by atoms with Crippen LogP contribution in [0.25, 0.3) is 0 Å². The number of likely N-dealkylation sites (N-methyl/N-ethyl adjacent to an activating group) is 1. The van der Waals surface area contributed by atoms with Crippen molar-refractivity contribution in [3.05, 3.63) is 35.9 Å². The number of hydrogen-bond donors (Lipinski definition) is 1. The first-order chi connectivity index (χ1) is 10.1. The molecule has 5 heteroatoms. The Labute approximate surface area is 125 Å². The van der Waals surface area contributed by atoms with E-state index in [0.29, 0.717) is 39.1 Å². The highest BCUT2D eigenvalue weighted by Crippen LogP contribution is 2.16. The van der Waals surface area contributed by atoms with Crippen molar-refractivity contribution in [2.45, 2.75) is 19.9 Å². The number of carboxylic acid groups (broad SMARTS) is 1. The zero-order chi connectivity index (χ0) is 15.2. The minimum atomic E-state index is -0.762. The number of hydrogen-bond acceptors (Lipinski definition) is 3. The second-order valence-electron chi connectivity index (χ2n) is 5.45. The average Bonchev–Trinajstić information content (AvgIpc) is 2.94. The number of likely N-dealkylation sites (tertiary alicyclic amines) is 1. The van der Waals surface area contributed by atoms with E-state index in [1.54, 1.807) is 0 Å². The Balaban J connectivity index is 1.88. The van der Waals surface area contributed by atoms with Crippen molar-refractivity contribution in [2.75, 3.05) is 26.2 Å². The van der Waals surface area contributed by atoms with Crippen molar-refractivity contribution in [3.63, 3.8) is 0 Å². The number of rotatable bonds is 6. The van der Waals surface area contributed by atoms with Crippen molar-refractivity contribution in [2.24, 2.45) is 5.92 Å². The van der Waals surface area contributed by atoms with E-state index in [9.17, 15) is 9.59 Å². The first-order valence-corrected chi connectivity index (χ1v) is 7.37. The number of carboxylic acids is 1. The van der Waals surface area contributed by atoms with Crippen LogP contribution in [0.3, 0.4) is 0 Å². The van der Waals surface area contributed by atoms with Crippen LogP contribution < -0.4 is 0 Å². The summed E-state index contributed by atoms with van der Waals surface area (Å²) in [6.07, 6.45) is 0.632. The fourth-order valence-corrected chi connectivity index (χ4v) is 2.65. The van der Waals surface area contributed by atoms with Gasteiger partial charge in [0.15, 0.2) is 0 Å². The molecule has 1 aromatic rings. The molecule has 1 saturated heterocycles. The van der Waals surface area contributed by atoms with Gasteiger partial charge >= 0.3 is 5.97 Å². The number of carbonyl (C=O) groups excluding carboxylic acids is 1. The SMILES string of the molecule is CCN(Cc1ccccc1)C(=O)CN1CC[C@H](C(=O)O)C1. The molecule has 21 heavy (non-hydrogen) atoms.